The van der Waals surface area contributed by atoms with Gasteiger partial charge in [-0.25, -0.2) is 19.5 Å². The lowest BCUT2D eigenvalue weighted by molar-refractivity contribution is 0.178. The van der Waals surface area contributed by atoms with Crippen molar-refractivity contribution in [1.29, 1.82) is 0 Å². The van der Waals surface area contributed by atoms with E-state index in [1.165, 1.54) is 11.3 Å². The van der Waals surface area contributed by atoms with E-state index in [-0.39, 0.29) is 6.04 Å². The summed E-state index contributed by atoms with van der Waals surface area (Å²) in [5, 5.41) is 12.7. The molecule has 0 bridgehead atoms. The highest BCUT2D eigenvalue weighted by Gasteiger charge is 2.16. The number of fused-ring (bicyclic) bond motifs is 2. The molecule has 0 unspecified atom stereocenters. The van der Waals surface area contributed by atoms with Crippen molar-refractivity contribution in [3.05, 3.63) is 29.4 Å². The SMILES string of the molecule is COCc1nc(N[C@H](C)c2cn3ncsc3n2)c2cnn(C)c2n1. The van der Waals surface area contributed by atoms with Crippen LogP contribution < -0.4 is 5.32 Å². The van der Waals surface area contributed by atoms with Gasteiger partial charge in [-0.3, -0.25) is 4.68 Å². The van der Waals surface area contributed by atoms with Crippen LogP contribution >= 0.6 is 11.3 Å². The second-order valence-corrected chi connectivity index (χ2v) is 6.24. The van der Waals surface area contributed by atoms with Crippen LogP contribution in [0, 0.1) is 0 Å². The molecule has 4 aromatic rings. The van der Waals surface area contributed by atoms with Gasteiger partial charge in [-0.15, -0.1) is 0 Å². The maximum absolute atomic E-state index is 5.16. The molecular formula is C14H16N8OS. The van der Waals surface area contributed by atoms with Crippen molar-refractivity contribution < 1.29 is 4.74 Å². The Morgan fingerprint density at radius 3 is 2.96 bits per heavy atom. The van der Waals surface area contributed by atoms with Crippen molar-refractivity contribution in [3.63, 3.8) is 0 Å². The van der Waals surface area contributed by atoms with Crippen molar-refractivity contribution in [2.75, 3.05) is 12.4 Å². The largest absolute Gasteiger partial charge is 0.377 e. The summed E-state index contributed by atoms with van der Waals surface area (Å²) in [6.45, 7) is 2.38. The van der Waals surface area contributed by atoms with Crippen molar-refractivity contribution >= 4 is 33.1 Å². The van der Waals surface area contributed by atoms with Crippen molar-refractivity contribution in [2.24, 2.45) is 7.05 Å². The number of nitrogens with zero attached hydrogens (tertiary/aromatic N) is 7. The molecule has 4 rings (SSSR count). The van der Waals surface area contributed by atoms with E-state index >= 15 is 0 Å². The van der Waals surface area contributed by atoms with Gasteiger partial charge in [0.05, 0.1) is 29.5 Å². The van der Waals surface area contributed by atoms with Gasteiger partial charge in [0.15, 0.2) is 11.5 Å². The van der Waals surface area contributed by atoms with Crippen LogP contribution in [0.15, 0.2) is 17.9 Å². The molecule has 1 atom stereocenters. The Balaban J connectivity index is 1.70. The van der Waals surface area contributed by atoms with Gasteiger partial charge >= 0.3 is 0 Å². The third-order valence-corrected chi connectivity index (χ3v) is 4.40. The van der Waals surface area contributed by atoms with E-state index in [2.05, 4.69) is 30.5 Å². The van der Waals surface area contributed by atoms with Gasteiger partial charge in [-0.2, -0.15) is 10.2 Å². The Bertz CT molecular complexity index is 974. The standard InChI is InChI=1S/C14H16N8OS/c1-8(10-5-22-14(18-10)24-7-16-22)17-12-9-4-15-21(2)13(9)20-11(19-12)6-23-3/h4-5,7-8H,6H2,1-3H3,(H,17,19,20)/t8-/m1/s1. The van der Waals surface area contributed by atoms with E-state index in [0.29, 0.717) is 12.4 Å². The third kappa shape index (κ3) is 2.49. The van der Waals surface area contributed by atoms with Gasteiger partial charge in [-0.1, -0.05) is 11.3 Å². The number of rotatable bonds is 5. The average molecular weight is 344 g/mol. The van der Waals surface area contributed by atoms with Crippen molar-refractivity contribution in [3.8, 4) is 0 Å². The lowest BCUT2D eigenvalue weighted by atomic mass is 10.2. The van der Waals surface area contributed by atoms with E-state index < -0.39 is 0 Å². The summed E-state index contributed by atoms with van der Waals surface area (Å²) in [6, 6.07) is -0.0346. The molecule has 0 spiro atoms. The predicted molar refractivity (Wildman–Crippen MR) is 89.9 cm³/mol. The smallest absolute Gasteiger partial charge is 0.212 e. The fourth-order valence-electron chi connectivity index (χ4n) is 2.51. The fraction of sp³-hybridized carbons (Fsp3) is 0.357. The third-order valence-electron chi connectivity index (χ3n) is 3.71. The minimum Gasteiger partial charge on any atom is -0.377 e. The highest BCUT2D eigenvalue weighted by atomic mass is 32.1. The van der Waals surface area contributed by atoms with E-state index in [9.17, 15) is 0 Å². The van der Waals surface area contributed by atoms with Crippen molar-refractivity contribution in [2.45, 2.75) is 19.6 Å². The summed E-state index contributed by atoms with van der Waals surface area (Å²) in [5.74, 6) is 1.33. The lowest BCUT2D eigenvalue weighted by Crippen LogP contribution is -2.11. The quantitative estimate of drug-likeness (QED) is 0.589. The van der Waals surface area contributed by atoms with Gasteiger partial charge in [-0.05, 0) is 6.92 Å². The Hall–Kier alpha value is -2.59. The zero-order chi connectivity index (χ0) is 16.7. The molecule has 0 aromatic carbocycles. The minimum absolute atomic E-state index is 0.0346. The number of aryl methyl sites for hydroxylation is 1. The molecule has 9 nitrogen and oxygen atoms in total. The van der Waals surface area contributed by atoms with Crippen LogP contribution in [0.2, 0.25) is 0 Å². The van der Waals surface area contributed by atoms with Crippen LogP contribution in [0.4, 0.5) is 5.82 Å². The molecule has 0 radical (unpaired) electrons. The number of ether oxygens (including phenoxy) is 1. The molecule has 4 aromatic heterocycles. The lowest BCUT2D eigenvalue weighted by Gasteiger charge is -2.13. The number of anilines is 1. The summed E-state index contributed by atoms with van der Waals surface area (Å²) in [5.41, 5.74) is 3.43. The summed E-state index contributed by atoms with van der Waals surface area (Å²) < 4.78 is 8.66. The van der Waals surface area contributed by atoms with Crippen LogP contribution in [-0.4, -0.2) is 41.5 Å². The van der Waals surface area contributed by atoms with E-state index in [1.54, 1.807) is 28.0 Å². The predicted octanol–water partition coefficient (Wildman–Crippen LogP) is 1.79. The Kier molecular flexibility index (Phi) is 3.62. The topological polar surface area (TPSA) is 95.0 Å². The van der Waals surface area contributed by atoms with E-state index in [4.69, 9.17) is 4.74 Å². The maximum Gasteiger partial charge on any atom is 0.212 e. The Morgan fingerprint density at radius 1 is 1.29 bits per heavy atom. The zero-order valence-electron chi connectivity index (χ0n) is 13.5. The molecule has 0 fully saturated rings. The highest BCUT2D eigenvalue weighted by molar-refractivity contribution is 7.14. The summed E-state index contributed by atoms with van der Waals surface area (Å²) in [6.07, 6.45) is 3.68. The molecular weight excluding hydrogens is 328 g/mol. The molecule has 0 amide bonds. The van der Waals surface area contributed by atoms with Gasteiger partial charge in [0.1, 0.15) is 17.9 Å². The number of imidazole rings is 1. The zero-order valence-corrected chi connectivity index (χ0v) is 14.3. The van der Waals surface area contributed by atoms with Crippen LogP contribution in [0.1, 0.15) is 24.5 Å². The van der Waals surface area contributed by atoms with Gasteiger partial charge < -0.3 is 10.1 Å². The number of hydrogen-bond donors (Lipinski definition) is 1. The molecule has 4 heterocycles. The first kappa shape index (κ1) is 15.0. The second-order valence-electron chi connectivity index (χ2n) is 5.42. The van der Waals surface area contributed by atoms with Crippen LogP contribution in [0.25, 0.3) is 16.0 Å². The summed E-state index contributed by atoms with van der Waals surface area (Å²) >= 11 is 1.50. The molecule has 0 saturated heterocycles. The molecule has 0 aliphatic rings. The molecule has 10 heteroatoms. The first-order valence-corrected chi connectivity index (χ1v) is 8.26. The molecule has 0 aliphatic carbocycles. The normalized spacial score (nSPS) is 13.0. The van der Waals surface area contributed by atoms with Crippen LogP contribution in [0.5, 0.6) is 0 Å². The van der Waals surface area contributed by atoms with Gasteiger partial charge in [0, 0.05) is 14.2 Å². The first-order chi connectivity index (χ1) is 11.7. The summed E-state index contributed by atoms with van der Waals surface area (Å²) in [4.78, 5) is 14.5. The molecule has 124 valence electrons. The number of hydrogen-bond acceptors (Lipinski definition) is 8. The average Bonchev–Trinajstić information content (AvgIpc) is 3.23. The number of methoxy groups -OCH3 is 1. The van der Waals surface area contributed by atoms with Crippen molar-refractivity contribution in [1.82, 2.24) is 34.3 Å². The first-order valence-electron chi connectivity index (χ1n) is 7.38. The molecule has 0 aliphatic heterocycles. The highest BCUT2D eigenvalue weighted by Crippen LogP contribution is 2.25. The Morgan fingerprint density at radius 2 is 2.17 bits per heavy atom. The van der Waals surface area contributed by atoms with E-state index in [1.807, 2.05) is 20.2 Å². The van der Waals surface area contributed by atoms with E-state index in [0.717, 1.165) is 27.5 Å². The van der Waals surface area contributed by atoms with Gasteiger partial charge in [0.2, 0.25) is 4.96 Å². The van der Waals surface area contributed by atoms with Gasteiger partial charge in [0.25, 0.3) is 0 Å². The Labute approximate surface area is 141 Å². The monoisotopic (exact) mass is 344 g/mol. The second kappa shape index (κ2) is 5.80. The number of nitrogens with one attached hydrogen (secondary N) is 1. The summed E-state index contributed by atoms with van der Waals surface area (Å²) in [7, 11) is 3.48. The molecule has 24 heavy (non-hydrogen) atoms. The maximum atomic E-state index is 5.16. The molecule has 1 N–H and O–H groups in total. The minimum atomic E-state index is -0.0346. The molecule has 0 saturated carbocycles. The van der Waals surface area contributed by atoms with Crippen LogP contribution in [-0.2, 0) is 18.4 Å². The number of aromatic nitrogens is 7. The fourth-order valence-corrected chi connectivity index (χ4v) is 3.12. The van der Waals surface area contributed by atoms with Crippen LogP contribution in [0.3, 0.4) is 0 Å².